The van der Waals surface area contributed by atoms with Gasteiger partial charge in [0.15, 0.2) is 0 Å². The van der Waals surface area contributed by atoms with E-state index in [1.165, 1.54) is 12.1 Å². The molecule has 5 nitrogen and oxygen atoms in total. The molecule has 0 heterocycles. The number of ether oxygens (including phenoxy) is 1. The van der Waals surface area contributed by atoms with Gasteiger partial charge >= 0.3 is 0 Å². The van der Waals surface area contributed by atoms with Crippen molar-refractivity contribution in [2.24, 2.45) is 16.9 Å². The molecule has 3 rings (SSSR count). The Bertz CT molecular complexity index is 677. The fourth-order valence-corrected chi connectivity index (χ4v) is 3.55. The average molecular weight is 306 g/mol. The minimum absolute atomic E-state index is 0.190. The van der Waals surface area contributed by atoms with Crippen LogP contribution in [0.3, 0.4) is 0 Å². The standard InChI is InChI=1S/C15H18N2O3S/c1-2-20-12-6-8-13(9-7-12)21(18,19)17-16-15-10-11-4-3-5-14(11)15/h3-4,6-9,11,14,17H,2,5,10H2,1H3. The van der Waals surface area contributed by atoms with Crippen molar-refractivity contribution in [2.45, 2.75) is 24.7 Å². The third kappa shape index (κ3) is 2.81. The lowest BCUT2D eigenvalue weighted by Crippen LogP contribution is -2.35. The maximum absolute atomic E-state index is 12.2. The fourth-order valence-electron chi connectivity index (χ4n) is 2.72. The first kappa shape index (κ1) is 14.1. The van der Waals surface area contributed by atoms with E-state index in [4.69, 9.17) is 4.74 Å². The highest BCUT2D eigenvalue weighted by Gasteiger charge is 2.38. The maximum Gasteiger partial charge on any atom is 0.276 e. The number of nitrogens with one attached hydrogen (secondary N) is 1. The molecule has 2 aliphatic carbocycles. The van der Waals surface area contributed by atoms with Crippen LogP contribution in [0.2, 0.25) is 0 Å². The molecule has 6 heteroatoms. The zero-order valence-electron chi connectivity index (χ0n) is 11.8. The van der Waals surface area contributed by atoms with Crippen molar-refractivity contribution >= 4 is 15.7 Å². The van der Waals surface area contributed by atoms with Crippen LogP contribution in [-0.4, -0.2) is 20.7 Å². The van der Waals surface area contributed by atoms with Gasteiger partial charge in [-0.3, -0.25) is 0 Å². The molecule has 0 saturated heterocycles. The van der Waals surface area contributed by atoms with Crippen molar-refractivity contribution in [3.8, 4) is 5.75 Å². The van der Waals surface area contributed by atoms with Gasteiger partial charge in [0.25, 0.3) is 10.0 Å². The van der Waals surface area contributed by atoms with Gasteiger partial charge < -0.3 is 4.74 Å². The first-order chi connectivity index (χ1) is 10.1. The zero-order valence-corrected chi connectivity index (χ0v) is 12.6. The van der Waals surface area contributed by atoms with E-state index >= 15 is 0 Å². The smallest absolute Gasteiger partial charge is 0.276 e. The topological polar surface area (TPSA) is 67.8 Å². The molecule has 1 aromatic rings. The molecule has 2 atom stereocenters. The molecule has 112 valence electrons. The molecule has 1 N–H and O–H groups in total. The molecule has 0 aromatic heterocycles. The van der Waals surface area contributed by atoms with Gasteiger partial charge in [-0.05, 0) is 49.9 Å². The minimum Gasteiger partial charge on any atom is -0.494 e. The van der Waals surface area contributed by atoms with Gasteiger partial charge in [0.2, 0.25) is 0 Å². The Kier molecular flexibility index (Phi) is 3.71. The summed E-state index contributed by atoms with van der Waals surface area (Å²) in [6.45, 7) is 2.43. The molecular formula is C15H18N2O3S. The summed E-state index contributed by atoms with van der Waals surface area (Å²) in [5.41, 5.74) is 0.944. The molecule has 2 unspecified atom stereocenters. The summed E-state index contributed by atoms with van der Waals surface area (Å²) in [6, 6.07) is 6.33. The van der Waals surface area contributed by atoms with Crippen LogP contribution in [0.5, 0.6) is 5.75 Å². The Morgan fingerprint density at radius 2 is 2.10 bits per heavy atom. The van der Waals surface area contributed by atoms with Crippen LogP contribution in [0, 0.1) is 11.8 Å². The SMILES string of the molecule is CCOc1ccc(S(=O)(=O)NN=C2CC3C=CCC23)cc1. The van der Waals surface area contributed by atoms with Crippen LogP contribution in [-0.2, 0) is 10.0 Å². The van der Waals surface area contributed by atoms with Crippen molar-refractivity contribution in [3.63, 3.8) is 0 Å². The number of allylic oxidation sites excluding steroid dienone is 2. The highest BCUT2D eigenvalue weighted by atomic mass is 32.2. The fraction of sp³-hybridized carbons (Fsp3) is 0.400. The van der Waals surface area contributed by atoms with Crippen LogP contribution in [0.25, 0.3) is 0 Å². The quantitative estimate of drug-likeness (QED) is 0.670. The van der Waals surface area contributed by atoms with Gasteiger partial charge in [0.1, 0.15) is 5.75 Å². The molecule has 2 aliphatic rings. The maximum atomic E-state index is 12.2. The van der Waals surface area contributed by atoms with Crippen LogP contribution in [0.4, 0.5) is 0 Å². The van der Waals surface area contributed by atoms with Crippen molar-refractivity contribution in [1.29, 1.82) is 0 Å². The Morgan fingerprint density at radius 3 is 2.76 bits per heavy atom. The Morgan fingerprint density at radius 1 is 1.33 bits per heavy atom. The molecule has 0 amide bonds. The second kappa shape index (κ2) is 5.52. The Hall–Kier alpha value is -1.82. The second-order valence-corrected chi connectivity index (χ2v) is 6.90. The van der Waals surface area contributed by atoms with E-state index in [1.807, 2.05) is 6.92 Å². The number of benzene rings is 1. The van der Waals surface area contributed by atoms with Crippen LogP contribution >= 0.6 is 0 Å². The predicted octanol–water partition coefficient (Wildman–Crippen LogP) is 2.32. The first-order valence-corrected chi connectivity index (χ1v) is 8.56. The molecule has 21 heavy (non-hydrogen) atoms. The van der Waals surface area contributed by atoms with Gasteiger partial charge in [0, 0.05) is 11.6 Å². The summed E-state index contributed by atoms with van der Waals surface area (Å²) in [4.78, 5) is 2.52. The van der Waals surface area contributed by atoms with Crippen molar-refractivity contribution in [1.82, 2.24) is 4.83 Å². The van der Waals surface area contributed by atoms with E-state index in [2.05, 4.69) is 22.1 Å². The van der Waals surface area contributed by atoms with Crippen molar-refractivity contribution in [2.75, 3.05) is 6.61 Å². The van der Waals surface area contributed by atoms with E-state index in [0.717, 1.165) is 18.6 Å². The molecule has 0 aliphatic heterocycles. The minimum atomic E-state index is -3.61. The molecule has 0 spiro atoms. The normalized spacial score (nSPS) is 25.5. The Balaban J connectivity index is 1.68. The van der Waals surface area contributed by atoms with Crippen LogP contribution in [0.15, 0.2) is 46.4 Å². The van der Waals surface area contributed by atoms with E-state index in [9.17, 15) is 8.42 Å². The zero-order chi connectivity index (χ0) is 14.9. The summed E-state index contributed by atoms with van der Waals surface area (Å²) in [5.74, 6) is 1.60. The molecule has 0 bridgehead atoms. The van der Waals surface area contributed by atoms with E-state index in [-0.39, 0.29) is 4.90 Å². The van der Waals surface area contributed by atoms with Gasteiger partial charge in [0.05, 0.1) is 11.5 Å². The third-order valence-corrected chi connectivity index (χ3v) is 5.14. The van der Waals surface area contributed by atoms with Gasteiger partial charge in [-0.1, -0.05) is 12.2 Å². The van der Waals surface area contributed by atoms with E-state index in [0.29, 0.717) is 24.2 Å². The number of hydrogen-bond donors (Lipinski definition) is 1. The van der Waals surface area contributed by atoms with Crippen molar-refractivity contribution < 1.29 is 13.2 Å². The lowest BCUT2D eigenvalue weighted by atomic mass is 9.74. The van der Waals surface area contributed by atoms with Gasteiger partial charge in [-0.2, -0.15) is 13.5 Å². The second-order valence-electron chi connectivity index (χ2n) is 5.24. The largest absolute Gasteiger partial charge is 0.494 e. The summed E-state index contributed by atoms with van der Waals surface area (Å²) in [5, 5.41) is 4.09. The molecular weight excluding hydrogens is 288 g/mol. The number of nitrogens with zero attached hydrogens (tertiary/aromatic N) is 1. The Labute approximate surface area is 124 Å². The monoisotopic (exact) mass is 306 g/mol. The molecule has 1 aromatic carbocycles. The first-order valence-electron chi connectivity index (χ1n) is 7.08. The number of fused-ring (bicyclic) bond motifs is 1. The van der Waals surface area contributed by atoms with Crippen LogP contribution < -0.4 is 9.57 Å². The highest BCUT2D eigenvalue weighted by Crippen LogP contribution is 2.40. The number of rotatable bonds is 5. The number of sulfonamides is 1. The number of hydrazone groups is 1. The lowest BCUT2D eigenvalue weighted by Gasteiger charge is -2.31. The third-order valence-electron chi connectivity index (χ3n) is 3.92. The van der Waals surface area contributed by atoms with Gasteiger partial charge in [-0.15, -0.1) is 0 Å². The van der Waals surface area contributed by atoms with Crippen molar-refractivity contribution in [3.05, 3.63) is 36.4 Å². The number of hydrogen-bond acceptors (Lipinski definition) is 4. The molecule has 1 fully saturated rings. The predicted molar refractivity (Wildman–Crippen MR) is 80.7 cm³/mol. The van der Waals surface area contributed by atoms with E-state index in [1.54, 1.807) is 12.1 Å². The summed E-state index contributed by atoms with van der Waals surface area (Å²) >= 11 is 0. The summed E-state index contributed by atoms with van der Waals surface area (Å²) < 4.78 is 29.6. The summed E-state index contributed by atoms with van der Waals surface area (Å²) in [7, 11) is -3.61. The van der Waals surface area contributed by atoms with E-state index < -0.39 is 10.0 Å². The molecule has 0 radical (unpaired) electrons. The highest BCUT2D eigenvalue weighted by molar-refractivity contribution is 7.89. The van der Waals surface area contributed by atoms with Crippen LogP contribution in [0.1, 0.15) is 19.8 Å². The summed E-state index contributed by atoms with van der Waals surface area (Å²) in [6.07, 6.45) is 6.14. The molecule has 1 saturated carbocycles. The van der Waals surface area contributed by atoms with Gasteiger partial charge in [-0.25, -0.2) is 4.83 Å². The average Bonchev–Trinajstić information content (AvgIpc) is 2.81. The lowest BCUT2D eigenvalue weighted by molar-refractivity contribution is 0.340.